The first-order valence-electron chi connectivity index (χ1n) is 5.66. The minimum Gasteiger partial charge on any atom is -0.489 e. The molecule has 0 unspecified atom stereocenters. The first kappa shape index (κ1) is 14.9. The van der Waals surface area contributed by atoms with E-state index in [1.807, 2.05) is 0 Å². The van der Waals surface area contributed by atoms with Gasteiger partial charge in [-0.05, 0) is 24.6 Å². The van der Waals surface area contributed by atoms with Gasteiger partial charge in [-0.1, -0.05) is 13.0 Å². The molecule has 0 aromatic heterocycles. The highest BCUT2D eigenvalue weighted by atomic mass is 32.2. The summed E-state index contributed by atoms with van der Waals surface area (Å²) < 4.78 is 41.0. The molecule has 0 saturated heterocycles. The highest BCUT2D eigenvalue weighted by Crippen LogP contribution is 2.21. The normalized spacial score (nSPS) is 13.3. The molecule has 0 amide bonds. The lowest BCUT2D eigenvalue weighted by Gasteiger charge is -2.10. The van der Waals surface area contributed by atoms with E-state index in [4.69, 9.17) is 4.74 Å². The van der Waals surface area contributed by atoms with Crippen LogP contribution in [0.2, 0.25) is 0 Å². The summed E-state index contributed by atoms with van der Waals surface area (Å²) in [6.07, 6.45) is -0.756. The van der Waals surface area contributed by atoms with Crippen LogP contribution in [0.1, 0.15) is 25.5 Å². The van der Waals surface area contributed by atoms with E-state index in [0.717, 1.165) is 0 Å². The van der Waals surface area contributed by atoms with Crippen molar-refractivity contribution in [3.8, 4) is 5.75 Å². The van der Waals surface area contributed by atoms with E-state index in [9.17, 15) is 17.9 Å². The second kappa shape index (κ2) is 6.15. The van der Waals surface area contributed by atoms with E-state index < -0.39 is 21.8 Å². The average Bonchev–Trinajstić information content (AvgIpc) is 2.31. The lowest BCUT2D eigenvalue weighted by molar-refractivity contribution is 0.198. The Labute approximate surface area is 106 Å². The van der Waals surface area contributed by atoms with E-state index in [1.54, 1.807) is 6.92 Å². The second-order valence-electron chi connectivity index (χ2n) is 3.95. The molecule has 6 heteroatoms. The smallest absolute Gasteiger partial charge is 0.165 e. The van der Waals surface area contributed by atoms with Gasteiger partial charge in [0.05, 0.1) is 11.9 Å². The van der Waals surface area contributed by atoms with Crippen LogP contribution in [0, 0.1) is 5.82 Å². The number of hydrogen-bond donors (Lipinski definition) is 1. The fraction of sp³-hybridized carbons (Fsp3) is 0.500. The fourth-order valence-corrected chi connectivity index (χ4v) is 1.94. The van der Waals surface area contributed by atoms with Crippen LogP contribution in [-0.4, -0.2) is 31.6 Å². The molecule has 0 fully saturated rings. The van der Waals surface area contributed by atoms with Gasteiger partial charge in [0.1, 0.15) is 6.61 Å². The van der Waals surface area contributed by atoms with Gasteiger partial charge in [-0.25, -0.2) is 12.8 Å². The van der Waals surface area contributed by atoms with Crippen molar-refractivity contribution < 1.29 is 22.7 Å². The number of ether oxygens (including phenoxy) is 1. The van der Waals surface area contributed by atoms with Crippen LogP contribution >= 0.6 is 0 Å². The summed E-state index contributed by atoms with van der Waals surface area (Å²) >= 11 is 0. The van der Waals surface area contributed by atoms with Gasteiger partial charge < -0.3 is 9.84 Å². The number of rotatable bonds is 6. The molecule has 1 aromatic rings. The molecule has 18 heavy (non-hydrogen) atoms. The van der Waals surface area contributed by atoms with Crippen LogP contribution in [-0.2, 0) is 9.84 Å². The SMILES string of the molecule is CCS(=O)(=O)CCOc1ccc([C@@H](C)O)cc1F. The van der Waals surface area contributed by atoms with Gasteiger partial charge >= 0.3 is 0 Å². The lowest BCUT2D eigenvalue weighted by Crippen LogP contribution is -2.16. The maximum absolute atomic E-state index is 13.5. The number of benzene rings is 1. The average molecular weight is 276 g/mol. The first-order valence-corrected chi connectivity index (χ1v) is 7.48. The predicted octanol–water partition coefficient (Wildman–Crippen LogP) is 1.69. The van der Waals surface area contributed by atoms with Gasteiger partial charge in [0.2, 0.25) is 0 Å². The summed E-state index contributed by atoms with van der Waals surface area (Å²) in [5, 5.41) is 9.27. The zero-order valence-electron chi connectivity index (χ0n) is 10.4. The van der Waals surface area contributed by atoms with E-state index in [-0.39, 0.29) is 23.9 Å². The molecule has 0 aliphatic heterocycles. The molecule has 1 aromatic carbocycles. The summed E-state index contributed by atoms with van der Waals surface area (Å²) in [5.41, 5.74) is 0.445. The first-order chi connectivity index (χ1) is 8.35. The summed E-state index contributed by atoms with van der Waals surface area (Å²) in [6, 6.07) is 4.10. The van der Waals surface area contributed by atoms with Crippen LogP contribution in [0.15, 0.2) is 18.2 Å². The van der Waals surface area contributed by atoms with Gasteiger partial charge in [0.15, 0.2) is 21.4 Å². The summed E-state index contributed by atoms with van der Waals surface area (Å²) in [6.45, 7) is 3.00. The number of aliphatic hydroxyl groups excluding tert-OH is 1. The highest BCUT2D eigenvalue weighted by molar-refractivity contribution is 7.91. The van der Waals surface area contributed by atoms with Crippen molar-refractivity contribution >= 4 is 9.84 Å². The zero-order valence-corrected chi connectivity index (χ0v) is 11.2. The molecule has 0 radical (unpaired) electrons. The molecule has 0 aliphatic rings. The summed E-state index contributed by atoms with van der Waals surface area (Å²) in [7, 11) is -3.11. The maximum atomic E-state index is 13.5. The van der Waals surface area contributed by atoms with E-state index in [2.05, 4.69) is 0 Å². The van der Waals surface area contributed by atoms with Crippen LogP contribution in [0.3, 0.4) is 0 Å². The van der Waals surface area contributed by atoms with Crippen molar-refractivity contribution in [3.63, 3.8) is 0 Å². The zero-order chi connectivity index (χ0) is 13.8. The number of halogens is 1. The van der Waals surface area contributed by atoms with Crippen molar-refractivity contribution in [1.29, 1.82) is 0 Å². The third-order valence-corrected chi connectivity index (χ3v) is 4.20. The van der Waals surface area contributed by atoms with Crippen molar-refractivity contribution in [3.05, 3.63) is 29.6 Å². The Bertz CT molecular complexity index is 497. The highest BCUT2D eigenvalue weighted by Gasteiger charge is 2.10. The molecule has 4 nitrogen and oxygen atoms in total. The standard InChI is InChI=1S/C12H17FO4S/c1-3-18(15,16)7-6-17-12-5-4-10(9(2)14)8-11(12)13/h4-5,8-9,14H,3,6-7H2,1-2H3/t9-/m1/s1. The topological polar surface area (TPSA) is 63.6 Å². The van der Waals surface area contributed by atoms with Crippen molar-refractivity contribution in [2.75, 3.05) is 18.1 Å². The Hall–Kier alpha value is -1.14. The third-order valence-electron chi connectivity index (χ3n) is 2.53. The largest absolute Gasteiger partial charge is 0.489 e. The molecule has 1 rings (SSSR count). The van der Waals surface area contributed by atoms with Gasteiger partial charge in [-0.2, -0.15) is 0 Å². The fourth-order valence-electron chi connectivity index (χ4n) is 1.32. The Kier molecular flexibility index (Phi) is 5.10. The van der Waals surface area contributed by atoms with Crippen LogP contribution in [0.5, 0.6) is 5.75 Å². The number of aliphatic hydroxyl groups is 1. The van der Waals surface area contributed by atoms with Crippen molar-refractivity contribution in [2.45, 2.75) is 20.0 Å². The molecule has 1 atom stereocenters. The van der Waals surface area contributed by atoms with Crippen molar-refractivity contribution in [2.24, 2.45) is 0 Å². The van der Waals surface area contributed by atoms with Crippen LogP contribution < -0.4 is 4.74 Å². The molecular formula is C12H17FO4S. The molecular weight excluding hydrogens is 259 g/mol. The number of hydrogen-bond acceptors (Lipinski definition) is 4. The quantitative estimate of drug-likeness (QED) is 0.859. The van der Waals surface area contributed by atoms with Crippen LogP contribution in [0.25, 0.3) is 0 Å². The lowest BCUT2D eigenvalue weighted by atomic mass is 10.1. The minimum atomic E-state index is -3.11. The predicted molar refractivity (Wildman–Crippen MR) is 66.9 cm³/mol. The van der Waals surface area contributed by atoms with E-state index in [1.165, 1.54) is 25.1 Å². The molecule has 0 bridgehead atoms. The second-order valence-corrected chi connectivity index (χ2v) is 6.42. The van der Waals surface area contributed by atoms with Gasteiger partial charge in [0.25, 0.3) is 0 Å². The Balaban J connectivity index is 2.64. The Morgan fingerprint density at radius 1 is 1.44 bits per heavy atom. The van der Waals surface area contributed by atoms with E-state index >= 15 is 0 Å². The molecule has 0 saturated carbocycles. The van der Waals surface area contributed by atoms with Crippen LogP contribution in [0.4, 0.5) is 4.39 Å². The van der Waals surface area contributed by atoms with Gasteiger partial charge in [0, 0.05) is 5.75 Å². The van der Waals surface area contributed by atoms with Crippen molar-refractivity contribution in [1.82, 2.24) is 0 Å². The molecule has 0 aliphatic carbocycles. The van der Waals surface area contributed by atoms with Gasteiger partial charge in [-0.15, -0.1) is 0 Å². The minimum absolute atomic E-state index is 0.00861. The number of sulfone groups is 1. The molecule has 102 valence electrons. The monoisotopic (exact) mass is 276 g/mol. The molecule has 0 spiro atoms. The van der Waals surface area contributed by atoms with Gasteiger partial charge in [-0.3, -0.25) is 0 Å². The molecule has 1 N–H and O–H groups in total. The summed E-state index contributed by atoms with van der Waals surface area (Å²) in [4.78, 5) is 0. The Morgan fingerprint density at radius 3 is 2.61 bits per heavy atom. The summed E-state index contributed by atoms with van der Waals surface area (Å²) in [5.74, 6) is -0.714. The maximum Gasteiger partial charge on any atom is 0.165 e. The third kappa shape index (κ3) is 4.27. The molecule has 0 heterocycles. The van der Waals surface area contributed by atoms with E-state index in [0.29, 0.717) is 5.56 Å². The Morgan fingerprint density at radius 2 is 2.11 bits per heavy atom.